The van der Waals surface area contributed by atoms with Crippen LogP contribution in [0.25, 0.3) is 33.4 Å². The smallest absolute Gasteiger partial charge is 0.145 e. The van der Waals surface area contributed by atoms with Crippen molar-refractivity contribution in [3.8, 4) is 22.5 Å². The Labute approximate surface area is 153 Å². The van der Waals surface area contributed by atoms with Crippen LogP contribution in [-0.2, 0) is 5.41 Å². The molecule has 4 aromatic rings. The van der Waals surface area contributed by atoms with E-state index < -0.39 is 0 Å². The summed E-state index contributed by atoms with van der Waals surface area (Å²) in [5.41, 5.74) is 12.0. The Morgan fingerprint density at radius 1 is 0.885 bits per heavy atom. The minimum atomic E-state index is 0.133. The molecule has 0 unspecified atom stereocenters. The highest BCUT2D eigenvalue weighted by Crippen LogP contribution is 2.35. The van der Waals surface area contributed by atoms with Crippen molar-refractivity contribution in [3.63, 3.8) is 0 Å². The topological polar surface area (TPSA) is 52.0 Å². The normalized spacial score (nSPS) is 11.8. The van der Waals surface area contributed by atoms with Crippen molar-refractivity contribution >= 4 is 16.7 Å². The number of fused-ring (bicyclic) bond motifs is 1. The van der Waals surface area contributed by atoms with Gasteiger partial charge in [-0.05, 0) is 34.7 Å². The van der Waals surface area contributed by atoms with Gasteiger partial charge in [0.2, 0.25) is 0 Å². The molecule has 0 atom stereocenters. The van der Waals surface area contributed by atoms with Crippen LogP contribution in [0.4, 0.5) is 5.69 Å². The van der Waals surface area contributed by atoms with Crippen molar-refractivity contribution in [1.82, 2.24) is 4.98 Å². The van der Waals surface area contributed by atoms with E-state index in [4.69, 9.17) is 10.2 Å². The minimum absolute atomic E-state index is 0.133. The number of aromatic nitrogens is 1. The maximum Gasteiger partial charge on any atom is 0.145 e. The van der Waals surface area contributed by atoms with Gasteiger partial charge in [0.25, 0.3) is 0 Å². The fourth-order valence-electron chi connectivity index (χ4n) is 3.15. The molecule has 4 rings (SSSR count). The summed E-state index contributed by atoms with van der Waals surface area (Å²) in [7, 11) is 0. The van der Waals surface area contributed by atoms with Gasteiger partial charge in [0.1, 0.15) is 11.3 Å². The third-order valence-corrected chi connectivity index (χ3v) is 4.66. The van der Waals surface area contributed by atoms with Gasteiger partial charge < -0.3 is 10.2 Å². The van der Waals surface area contributed by atoms with Gasteiger partial charge in [-0.3, -0.25) is 4.98 Å². The number of nitrogen functional groups attached to an aromatic ring is 1. The van der Waals surface area contributed by atoms with Crippen molar-refractivity contribution in [2.45, 2.75) is 26.2 Å². The lowest BCUT2D eigenvalue weighted by atomic mass is 9.86. The summed E-state index contributed by atoms with van der Waals surface area (Å²) >= 11 is 0. The average Bonchev–Trinajstić information content (AvgIpc) is 3.05. The van der Waals surface area contributed by atoms with Crippen LogP contribution >= 0.6 is 0 Å². The Kier molecular flexibility index (Phi) is 3.80. The van der Waals surface area contributed by atoms with E-state index >= 15 is 0 Å². The number of benzene rings is 2. The molecule has 130 valence electrons. The van der Waals surface area contributed by atoms with Crippen LogP contribution in [0.1, 0.15) is 26.3 Å². The molecule has 0 radical (unpaired) electrons. The predicted molar refractivity (Wildman–Crippen MR) is 108 cm³/mol. The first kappa shape index (κ1) is 16.4. The van der Waals surface area contributed by atoms with Crippen molar-refractivity contribution in [1.29, 1.82) is 0 Å². The van der Waals surface area contributed by atoms with Gasteiger partial charge in [0.15, 0.2) is 0 Å². The molecular weight excluding hydrogens is 320 g/mol. The Hall–Kier alpha value is -3.07. The van der Waals surface area contributed by atoms with Gasteiger partial charge in [-0.2, -0.15) is 0 Å². The summed E-state index contributed by atoms with van der Waals surface area (Å²) in [4.78, 5) is 4.40. The van der Waals surface area contributed by atoms with E-state index in [9.17, 15) is 0 Å². The second-order valence-corrected chi connectivity index (χ2v) is 7.67. The quantitative estimate of drug-likeness (QED) is 0.452. The van der Waals surface area contributed by atoms with Gasteiger partial charge in [0, 0.05) is 34.6 Å². The fraction of sp³-hybridized carbons (Fsp3) is 0.174. The van der Waals surface area contributed by atoms with Crippen LogP contribution < -0.4 is 5.73 Å². The van der Waals surface area contributed by atoms with E-state index in [2.05, 4.69) is 50.0 Å². The number of hydrogen-bond acceptors (Lipinski definition) is 3. The van der Waals surface area contributed by atoms with E-state index in [1.54, 1.807) is 0 Å². The molecule has 0 bridgehead atoms. The predicted octanol–water partition coefficient (Wildman–Crippen LogP) is 6.04. The number of rotatable bonds is 2. The highest BCUT2D eigenvalue weighted by molar-refractivity contribution is 5.94. The lowest BCUT2D eigenvalue weighted by molar-refractivity contribution is 0.590. The average molecular weight is 342 g/mol. The van der Waals surface area contributed by atoms with Crippen molar-refractivity contribution in [3.05, 3.63) is 72.6 Å². The van der Waals surface area contributed by atoms with Crippen LogP contribution in [0.2, 0.25) is 0 Å². The standard InChI is InChI=1S/C23H22N2O/c1-23(2,3)18-9-7-15(8-10-18)20-14-25-13-17-12-21(26-22(17)20)16-5-4-6-19(24)11-16/h4-14H,24H2,1-3H3. The highest BCUT2D eigenvalue weighted by atomic mass is 16.3. The lowest BCUT2D eigenvalue weighted by Crippen LogP contribution is -2.10. The summed E-state index contributed by atoms with van der Waals surface area (Å²) in [6, 6.07) is 18.4. The number of hydrogen-bond donors (Lipinski definition) is 1. The Balaban J connectivity index is 1.81. The van der Waals surface area contributed by atoms with Gasteiger partial charge in [0.05, 0.1) is 0 Å². The van der Waals surface area contributed by atoms with Gasteiger partial charge in [-0.25, -0.2) is 0 Å². The maximum atomic E-state index is 6.20. The lowest BCUT2D eigenvalue weighted by Gasteiger charge is -2.19. The number of furan rings is 1. The molecular formula is C23H22N2O. The summed E-state index contributed by atoms with van der Waals surface area (Å²) in [5.74, 6) is 0.799. The number of anilines is 1. The molecule has 3 nitrogen and oxygen atoms in total. The van der Waals surface area contributed by atoms with E-state index in [1.165, 1.54) is 5.56 Å². The third kappa shape index (κ3) is 2.97. The Morgan fingerprint density at radius 3 is 2.35 bits per heavy atom. The van der Waals surface area contributed by atoms with Crippen LogP contribution in [0, 0.1) is 0 Å². The number of nitrogens with zero attached hydrogens (tertiary/aromatic N) is 1. The van der Waals surface area contributed by atoms with Crippen LogP contribution in [0.3, 0.4) is 0 Å². The van der Waals surface area contributed by atoms with Gasteiger partial charge in [-0.15, -0.1) is 0 Å². The first-order chi connectivity index (χ1) is 12.4. The first-order valence-corrected chi connectivity index (χ1v) is 8.76. The van der Waals surface area contributed by atoms with Crippen molar-refractivity contribution in [2.24, 2.45) is 0 Å². The van der Waals surface area contributed by atoms with Gasteiger partial charge in [-0.1, -0.05) is 57.2 Å². The molecule has 2 aromatic carbocycles. The van der Waals surface area contributed by atoms with Gasteiger partial charge >= 0.3 is 0 Å². The van der Waals surface area contributed by atoms with Crippen LogP contribution in [-0.4, -0.2) is 4.98 Å². The third-order valence-electron chi connectivity index (χ3n) is 4.66. The Morgan fingerprint density at radius 2 is 1.65 bits per heavy atom. The molecule has 0 aliphatic heterocycles. The largest absolute Gasteiger partial charge is 0.455 e. The highest BCUT2D eigenvalue weighted by Gasteiger charge is 2.15. The molecule has 26 heavy (non-hydrogen) atoms. The summed E-state index contributed by atoms with van der Waals surface area (Å²) in [6.45, 7) is 6.65. The first-order valence-electron chi connectivity index (χ1n) is 8.76. The molecule has 0 saturated carbocycles. The second-order valence-electron chi connectivity index (χ2n) is 7.67. The van der Waals surface area contributed by atoms with Crippen LogP contribution in [0.5, 0.6) is 0 Å². The zero-order valence-electron chi connectivity index (χ0n) is 15.3. The summed E-state index contributed by atoms with van der Waals surface area (Å²) < 4.78 is 6.20. The van der Waals surface area contributed by atoms with Crippen LogP contribution in [0.15, 0.2) is 71.4 Å². The van der Waals surface area contributed by atoms with E-state index in [1.807, 2.05) is 42.7 Å². The summed E-state index contributed by atoms with van der Waals surface area (Å²) in [5, 5.41) is 0.986. The molecule has 0 spiro atoms. The Bertz CT molecular complexity index is 1070. The number of nitrogens with two attached hydrogens (primary N) is 1. The molecule has 2 aromatic heterocycles. The maximum absolute atomic E-state index is 6.20. The molecule has 0 aliphatic rings. The molecule has 2 heterocycles. The molecule has 2 N–H and O–H groups in total. The molecule has 3 heteroatoms. The molecule has 0 amide bonds. The SMILES string of the molecule is CC(C)(C)c1ccc(-c2cncc3cc(-c4cccc(N)c4)oc23)cc1. The minimum Gasteiger partial charge on any atom is -0.455 e. The zero-order chi connectivity index (χ0) is 18.3. The molecule has 0 aliphatic carbocycles. The number of pyridine rings is 1. The zero-order valence-corrected chi connectivity index (χ0v) is 15.3. The fourth-order valence-corrected chi connectivity index (χ4v) is 3.15. The van der Waals surface area contributed by atoms with E-state index in [-0.39, 0.29) is 5.41 Å². The van der Waals surface area contributed by atoms with E-state index in [0.717, 1.165) is 39.1 Å². The van der Waals surface area contributed by atoms with Crippen molar-refractivity contribution in [2.75, 3.05) is 5.73 Å². The second kappa shape index (κ2) is 6.03. The monoisotopic (exact) mass is 342 g/mol. The molecule has 0 fully saturated rings. The molecule has 0 saturated heterocycles. The summed E-state index contributed by atoms with van der Waals surface area (Å²) in [6.07, 6.45) is 3.70. The van der Waals surface area contributed by atoms with Crippen molar-refractivity contribution < 1.29 is 4.42 Å². The van der Waals surface area contributed by atoms with E-state index in [0.29, 0.717) is 0 Å².